The maximum atomic E-state index is 9.29. The van der Waals surface area contributed by atoms with Gasteiger partial charge in [-0.3, -0.25) is 0 Å². The quantitative estimate of drug-likeness (QED) is 0.501. The summed E-state index contributed by atoms with van der Waals surface area (Å²) in [5.74, 6) is -0.669. The number of hydrogen-bond acceptors (Lipinski definition) is 5. The largest absolute Gasteiger partial charge is 0.366 e. The topological polar surface area (TPSA) is 73.9 Å². The lowest BCUT2D eigenvalue weighted by atomic mass is 10.2. The van der Waals surface area contributed by atoms with Crippen molar-refractivity contribution >= 4 is 0 Å². The van der Waals surface area contributed by atoms with Crippen molar-refractivity contribution in [3.63, 3.8) is 0 Å². The van der Waals surface area contributed by atoms with Gasteiger partial charge in [0.1, 0.15) is 18.4 Å². The summed E-state index contributed by atoms with van der Waals surface area (Å²) in [7, 11) is 0. The van der Waals surface area contributed by atoms with Crippen LogP contribution in [0.25, 0.3) is 0 Å². The van der Waals surface area contributed by atoms with Gasteiger partial charge in [0.25, 0.3) is 0 Å². The Bertz CT molecular complexity index is 178. The van der Waals surface area contributed by atoms with Gasteiger partial charge < -0.3 is 25.1 Å². The van der Waals surface area contributed by atoms with Crippen LogP contribution in [0.3, 0.4) is 0 Å². The zero-order chi connectivity index (χ0) is 8.93. The zero-order valence-corrected chi connectivity index (χ0v) is 7.06. The van der Waals surface area contributed by atoms with Crippen molar-refractivity contribution in [2.75, 3.05) is 0 Å². The fourth-order valence-electron chi connectivity index (χ4n) is 1.61. The van der Waals surface area contributed by atoms with Gasteiger partial charge in [-0.05, 0) is 13.8 Å². The zero-order valence-electron chi connectivity index (χ0n) is 7.06. The maximum absolute atomic E-state index is 9.29. The lowest BCUT2D eigenvalue weighted by Gasteiger charge is -2.20. The summed E-state index contributed by atoms with van der Waals surface area (Å²) in [5.41, 5.74) is 5.54. The van der Waals surface area contributed by atoms with E-state index in [0.29, 0.717) is 0 Å². The van der Waals surface area contributed by atoms with E-state index in [0.717, 1.165) is 0 Å². The number of fused-ring (bicyclic) bond motifs is 1. The molecule has 0 aromatic carbocycles. The molecule has 0 aromatic heterocycles. The van der Waals surface area contributed by atoms with Gasteiger partial charge in [-0.25, -0.2) is 0 Å². The molecule has 3 N–H and O–H groups in total. The molecule has 70 valence electrons. The predicted molar refractivity (Wildman–Crippen MR) is 38.9 cm³/mol. The van der Waals surface area contributed by atoms with Gasteiger partial charge in [-0.2, -0.15) is 0 Å². The van der Waals surface area contributed by atoms with Crippen LogP contribution in [0.1, 0.15) is 13.8 Å². The minimum Gasteiger partial charge on any atom is -0.366 e. The molecule has 0 spiro atoms. The summed E-state index contributed by atoms with van der Waals surface area (Å²) >= 11 is 0. The normalized spacial score (nSPS) is 51.0. The fraction of sp³-hybridized carbons (Fsp3) is 1.00. The number of ether oxygens (including phenoxy) is 3. The van der Waals surface area contributed by atoms with Crippen molar-refractivity contribution in [3.8, 4) is 0 Å². The van der Waals surface area contributed by atoms with Crippen LogP contribution < -0.4 is 5.73 Å². The van der Waals surface area contributed by atoms with E-state index in [4.69, 9.17) is 19.9 Å². The molecule has 0 aromatic rings. The van der Waals surface area contributed by atoms with E-state index in [1.165, 1.54) is 0 Å². The Morgan fingerprint density at radius 3 is 2.42 bits per heavy atom. The van der Waals surface area contributed by atoms with Crippen molar-refractivity contribution in [2.45, 2.75) is 44.4 Å². The van der Waals surface area contributed by atoms with Crippen molar-refractivity contribution in [3.05, 3.63) is 0 Å². The van der Waals surface area contributed by atoms with Gasteiger partial charge in [0.2, 0.25) is 0 Å². The van der Waals surface area contributed by atoms with Gasteiger partial charge in [0.05, 0.1) is 0 Å². The fourth-order valence-corrected chi connectivity index (χ4v) is 1.61. The van der Waals surface area contributed by atoms with Crippen molar-refractivity contribution < 1.29 is 19.3 Å². The molecule has 5 nitrogen and oxygen atoms in total. The molecule has 0 radical (unpaired) electrons. The Morgan fingerprint density at radius 2 is 1.83 bits per heavy atom. The highest BCUT2D eigenvalue weighted by molar-refractivity contribution is 4.91. The van der Waals surface area contributed by atoms with Crippen LogP contribution in [-0.4, -0.2) is 35.6 Å². The first kappa shape index (κ1) is 8.40. The van der Waals surface area contributed by atoms with E-state index in [1.54, 1.807) is 13.8 Å². The summed E-state index contributed by atoms with van der Waals surface area (Å²) in [5, 5.41) is 9.29. The second kappa shape index (κ2) is 2.40. The van der Waals surface area contributed by atoms with Crippen molar-refractivity contribution in [1.82, 2.24) is 0 Å². The van der Waals surface area contributed by atoms with Gasteiger partial charge >= 0.3 is 0 Å². The third kappa shape index (κ3) is 1.14. The van der Waals surface area contributed by atoms with Crippen LogP contribution in [0, 0.1) is 0 Å². The smallest absolute Gasteiger partial charge is 0.186 e. The Kier molecular flexibility index (Phi) is 1.68. The molecule has 2 saturated heterocycles. The maximum Gasteiger partial charge on any atom is 0.186 e. The van der Waals surface area contributed by atoms with Crippen LogP contribution in [0.2, 0.25) is 0 Å². The van der Waals surface area contributed by atoms with Crippen molar-refractivity contribution in [1.29, 1.82) is 0 Å². The van der Waals surface area contributed by atoms with Crippen molar-refractivity contribution in [2.24, 2.45) is 5.73 Å². The number of aliphatic hydroxyl groups is 1. The molecule has 4 atom stereocenters. The Morgan fingerprint density at radius 1 is 1.25 bits per heavy atom. The first-order valence-corrected chi connectivity index (χ1v) is 3.94. The molecule has 12 heavy (non-hydrogen) atoms. The number of hydrogen-bond donors (Lipinski definition) is 2. The first-order valence-electron chi connectivity index (χ1n) is 3.94. The van der Waals surface area contributed by atoms with Gasteiger partial charge in [-0.1, -0.05) is 0 Å². The van der Waals surface area contributed by atoms with Crippen LogP contribution >= 0.6 is 0 Å². The van der Waals surface area contributed by atoms with E-state index in [1.807, 2.05) is 0 Å². The summed E-state index contributed by atoms with van der Waals surface area (Å²) < 4.78 is 15.7. The average molecular weight is 175 g/mol. The molecule has 2 aliphatic rings. The van der Waals surface area contributed by atoms with E-state index in [-0.39, 0.29) is 6.10 Å². The molecule has 2 rings (SSSR count). The average Bonchev–Trinajstić information content (AvgIpc) is 2.34. The standard InChI is InChI=1S/C7H13NO4/c1-7(2)11-3-4(12-7)6(9)10-5(3)8/h3-6,9H,8H2,1-2H3. The lowest BCUT2D eigenvalue weighted by Crippen LogP contribution is -2.35. The van der Waals surface area contributed by atoms with E-state index < -0.39 is 24.4 Å². The van der Waals surface area contributed by atoms with Crippen LogP contribution in [0.5, 0.6) is 0 Å². The highest BCUT2D eigenvalue weighted by atomic mass is 16.8. The molecule has 2 fully saturated rings. The Labute approximate surface area is 70.4 Å². The number of rotatable bonds is 0. The van der Waals surface area contributed by atoms with E-state index in [2.05, 4.69) is 0 Å². The summed E-state index contributed by atoms with van der Waals surface area (Å²) in [4.78, 5) is 0. The molecule has 5 heteroatoms. The lowest BCUT2D eigenvalue weighted by molar-refractivity contribution is -0.219. The Hall–Kier alpha value is -0.200. The number of aliphatic hydroxyl groups excluding tert-OH is 1. The van der Waals surface area contributed by atoms with Crippen LogP contribution in [-0.2, 0) is 14.2 Å². The molecule has 0 aliphatic carbocycles. The molecule has 0 saturated carbocycles. The van der Waals surface area contributed by atoms with Crippen LogP contribution in [0.4, 0.5) is 0 Å². The van der Waals surface area contributed by atoms with Crippen LogP contribution in [0.15, 0.2) is 0 Å². The summed E-state index contributed by atoms with van der Waals surface area (Å²) in [6.07, 6.45) is -2.36. The molecule has 0 amide bonds. The highest BCUT2D eigenvalue weighted by Gasteiger charge is 2.53. The minimum atomic E-state index is -0.966. The molecule has 2 heterocycles. The molecular formula is C7H13NO4. The minimum absolute atomic E-state index is 0.352. The van der Waals surface area contributed by atoms with E-state index in [9.17, 15) is 5.11 Å². The Balaban J connectivity index is 2.15. The first-order chi connectivity index (χ1) is 5.49. The third-order valence-electron chi connectivity index (χ3n) is 2.07. The monoisotopic (exact) mass is 175 g/mol. The molecular weight excluding hydrogens is 162 g/mol. The molecule has 4 unspecified atom stereocenters. The van der Waals surface area contributed by atoms with Gasteiger partial charge in [0.15, 0.2) is 12.1 Å². The van der Waals surface area contributed by atoms with Gasteiger partial charge in [-0.15, -0.1) is 0 Å². The second-order valence-corrected chi connectivity index (χ2v) is 3.56. The SMILES string of the molecule is CC1(C)OC2C(N)OC(O)C2O1. The predicted octanol–water partition coefficient (Wildman–Crippen LogP) is -0.860. The third-order valence-corrected chi connectivity index (χ3v) is 2.07. The van der Waals surface area contributed by atoms with E-state index >= 15 is 0 Å². The molecule has 0 bridgehead atoms. The molecule has 2 aliphatic heterocycles. The summed E-state index contributed by atoms with van der Waals surface area (Å²) in [6, 6.07) is 0. The summed E-state index contributed by atoms with van der Waals surface area (Å²) in [6.45, 7) is 3.56. The number of nitrogens with two attached hydrogens (primary N) is 1. The van der Waals surface area contributed by atoms with Gasteiger partial charge in [0, 0.05) is 0 Å². The second-order valence-electron chi connectivity index (χ2n) is 3.56. The highest BCUT2D eigenvalue weighted by Crippen LogP contribution is 2.36.